The molecule has 0 saturated carbocycles. The summed E-state index contributed by atoms with van der Waals surface area (Å²) in [6.45, 7) is 2.02. The van der Waals surface area contributed by atoms with Gasteiger partial charge in [-0.3, -0.25) is 0 Å². The predicted octanol–water partition coefficient (Wildman–Crippen LogP) is 4.10. The number of carbonyl (C=O) groups excluding carboxylic acids is 1. The Bertz CT molecular complexity index is 674. The molecular weight excluding hydrogens is 375 g/mol. The van der Waals surface area contributed by atoms with Crippen LogP contribution >= 0.6 is 23.5 Å². The maximum atomic E-state index is 13.0. The first-order chi connectivity index (χ1) is 10.7. The van der Waals surface area contributed by atoms with Gasteiger partial charge in [0.05, 0.1) is 0 Å². The third kappa shape index (κ3) is 4.53. The van der Waals surface area contributed by atoms with Crippen molar-refractivity contribution in [2.75, 3.05) is 12.5 Å². The molecule has 0 heterocycles. The zero-order chi connectivity index (χ0) is 15.9. The van der Waals surface area contributed by atoms with Crippen LogP contribution in [0.4, 0.5) is 0 Å². The first kappa shape index (κ1) is 17.4. The average molecular weight is 393 g/mol. The maximum absolute atomic E-state index is 13.0. The molecule has 4 heteroatoms. The van der Waals surface area contributed by atoms with E-state index >= 15 is 0 Å². The number of carbonyl (C=O) groups is 1. The van der Waals surface area contributed by atoms with Gasteiger partial charge in [-0.1, -0.05) is 0 Å². The Kier molecular flexibility index (Phi) is 6.84. The van der Waals surface area contributed by atoms with Gasteiger partial charge in [-0.25, -0.2) is 0 Å². The van der Waals surface area contributed by atoms with Crippen LogP contribution in [0.3, 0.4) is 0 Å². The van der Waals surface area contributed by atoms with E-state index in [-0.39, 0.29) is 20.7 Å². The summed E-state index contributed by atoms with van der Waals surface area (Å²) in [5.74, 6) is 0.159. The van der Waals surface area contributed by atoms with Crippen LogP contribution < -0.4 is 4.46 Å². The van der Waals surface area contributed by atoms with Crippen LogP contribution in [-0.2, 0) is 0 Å². The summed E-state index contributed by atoms with van der Waals surface area (Å²) in [4.78, 5) is 13.0. The van der Waals surface area contributed by atoms with Gasteiger partial charge in [0.15, 0.2) is 0 Å². The van der Waals surface area contributed by atoms with E-state index in [0.717, 1.165) is 19.8 Å². The van der Waals surface area contributed by atoms with Gasteiger partial charge in [0, 0.05) is 0 Å². The van der Waals surface area contributed by atoms with E-state index in [1.165, 1.54) is 4.46 Å². The summed E-state index contributed by atoms with van der Waals surface area (Å²) >= 11 is 3.34. The Morgan fingerprint density at radius 2 is 1.64 bits per heavy atom. The van der Waals surface area contributed by atoms with Gasteiger partial charge in [-0.05, 0) is 0 Å². The zero-order valence-corrected chi connectivity index (χ0v) is 16.2. The van der Waals surface area contributed by atoms with Crippen molar-refractivity contribution < 1.29 is 4.79 Å². The fourth-order valence-electron chi connectivity index (χ4n) is 1.97. The van der Waals surface area contributed by atoms with Gasteiger partial charge >= 0.3 is 147 Å². The molecule has 0 aliphatic rings. The van der Waals surface area contributed by atoms with Crippen LogP contribution in [0.1, 0.15) is 15.9 Å². The molecule has 0 aliphatic heterocycles. The van der Waals surface area contributed by atoms with Crippen molar-refractivity contribution in [1.82, 2.24) is 0 Å². The molecular formula is C18H18OS2Se. The Morgan fingerprint density at radius 1 is 0.955 bits per heavy atom. The van der Waals surface area contributed by atoms with Crippen molar-refractivity contribution in [2.24, 2.45) is 0 Å². The molecule has 0 saturated heterocycles. The number of thioether (sulfide) groups is 2. The monoisotopic (exact) mass is 394 g/mol. The number of rotatable bonds is 6. The molecule has 22 heavy (non-hydrogen) atoms. The fourth-order valence-corrected chi connectivity index (χ4v) is 6.40. The molecule has 2 rings (SSSR count). The van der Waals surface area contributed by atoms with Crippen LogP contribution in [0.2, 0.25) is 0 Å². The molecule has 0 bridgehead atoms. The van der Waals surface area contributed by atoms with Crippen LogP contribution in [0, 0.1) is 6.92 Å². The molecule has 0 fully saturated rings. The quantitative estimate of drug-likeness (QED) is 0.418. The summed E-state index contributed by atoms with van der Waals surface area (Å²) in [6.07, 6.45) is 4.08. The van der Waals surface area contributed by atoms with E-state index in [0.29, 0.717) is 0 Å². The molecule has 0 spiro atoms. The Hall–Kier alpha value is -0.931. The number of ketones is 1. The first-order valence-corrected chi connectivity index (χ1v) is 11.0. The third-order valence-electron chi connectivity index (χ3n) is 3.01. The third-order valence-corrected chi connectivity index (χ3v) is 8.05. The van der Waals surface area contributed by atoms with Crippen molar-refractivity contribution in [3.63, 3.8) is 0 Å². The van der Waals surface area contributed by atoms with Gasteiger partial charge < -0.3 is 0 Å². The Morgan fingerprint density at radius 3 is 2.23 bits per heavy atom. The van der Waals surface area contributed by atoms with Crippen molar-refractivity contribution in [3.05, 3.63) is 74.4 Å². The molecule has 0 aliphatic carbocycles. The molecule has 1 nitrogen and oxygen atoms in total. The summed E-state index contributed by atoms with van der Waals surface area (Å²) in [6, 6.07) is 18.1. The van der Waals surface area contributed by atoms with E-state index in [1.807, 2.05) is 61.9 Å². The molecule has 0 N–H and O–H groups in total. The van der Waals surface area contributed by atoms with E-state index in [4.69, 9.17) is 0 Å². The molecule has 0 unspecified atom stereocenters. The zero-order valence-electron chi connectivity index (χ0n) is 12.8. The molecule has 0 atom stereocenters. The first-order valence-electron chi connectivity index (χ1n) is 6.82. The van der Waals surface area contributed by atoms with E-state index in [9.17, 15) is 4.79 Å². The van der Waals surface area contributed by atoms with Crippen molar-refractivity contribution in [3.8, 4) is 0 Å². The van der Waals surface area contributed by atoms with Gasteiger partial charge in [-0.2, -0.15) is 0 Å². The van der Waals surface area contributed by atoms with Crippen LogP contribution in [0.15, 0.2) is 63.3 Å². The SMILES string of the molecule is CSC(SC)=C([Se]c1ccccc1)C(=O)c1cccc(C)c1. The minimum atomic E-state index is 0.0173. The predicted molar refractivity (Wildman–Crippen MR) is 101 cm³/mol. The van der Waals surface area contributed by atoms with Crippen LogP contribution in [0.25, 0.3) is 0 Å². The van der Waals surface area contributed by atoms with Crippen molar-refractivity contribution in [2.45, 2.75) is 6.92 Å². The Balaban J connectivity index is 2.41. The summed E-state index contributed by atoms with van der Waals surface area (Å²) in [5, 5.41) is 0. The normalized spacial score (nSPS) is 10.3. The summed E-state index contributed by atoms with van der Waals surface area (Å²) < 4.78 is 3.30. The minimum absolute atomic E-state index is 0.0173. The van der Waals surface area contributed by atoms with Gasteiger partial charge in [0.25, 0.3) is 0 Å². The van der Waals surface area contributed by atoms with Gasteiger partial charge in [0.1, 0.15) is 0 Å². The number of hydrogen-bond donors (Lipinski definition) is 0. The van der Waals surface area contributed by atoms with E-state index in [1.54, 1.807) is 23.5 Å². The second kappa shape index (κ2) is 8.64. The van der Waals surface area contributed by atoms with Gasteiger partial charge in [-0.15, -0.1) is 0 Å². The molecule has 2 aromatic carbocycles. The fraction of sp³-hybridized carbons (Fsp3) is 0.167. The van der Waals surface area contributed by atoms with E-state index in [2.05, 4.69) is 12.1 Å². The Labute approximate surface area is 147 Å². The van der Waals surface area contributed by atoms with E-state index < -0.39 is 0 Å². The molecule has 0 aromatic heterocycles. The number of allylic oxidation sites excluding steroid dienone is 1. The topological polar surface area (TPSA) is 17.1 Å². The standard InChI is InChI=1S/C18H18OS2Se/c1-13-8-7-9-14(12-13)16(19)17(18(20-2)21-3)22-15-10-5-4-6-11-15/h4-12H,1-3H3. The molecule has 0 amide bonds. The van der Waals surface area contributed by atoms with Crippen LogP contribution in [0.5, 0.6) is 0 Å². The molecule has 114 valence electrons. The molecule has 0 radical (unpaired) electrons. The van der Waals surface area contributed by atoms with Gasteiger partial charge in [0.2, 0.25) is 0 Å². The van der Waals surface area contributed by atoms with Crippen LogP contribution in [-0.4, -0.2) is 33.3 Å². The second-order valence-corrected chi connectivity index (χ2v) is 8.80. The average Bonchev–Trinajstić information content (AvgIpc) is 2.55. The number of benzene rings is 2. The number of Topliss-reactive ketones (excluding diaryl/α,β-unsaturated/α-hetero) is 1. The molecule has 2 aromatic rings. The number of aryl methyl sites for hydroxylation is 1. The summed E-state index contributed by atoms with van der Waals surface area (Å²) in [7, 11) is 0. The summed E-state index contributed by atoms with van der Waals surface area (Å²) in [5.41, 5.74) is 1.90. The van der Waals surface area contributed by atoms with Crippen molar-refractivity contribution >= 4 is 48.7 Å². The number of hydrogen-bond acceptors (Lipinski definition) is 3. The second-order valence-electron chi connectivity index (χ2n) is 4.64. The van der Waals surface area contributed by atoms with Crippen molar-refractivity contribution in [1.29, 1.82) is 0 Å².